The highest BCUT2D eigenvalue weighted by Gasteiger charge is 2.30. The van der Waals surface area contributed by atoms with E-state index < -0.39 is 0 Å². The van der Waals surface area contributed by atoms with E-state index in [1.807, 2.05) is 9.80 Å². The molecule has 1 saturated carbocycles. The summed E-state index contributed by atoms with van der Waals surface area (Å²) < 4.78 is 0. The fourth-order valence-electron chi connectivity index (χ4n) is 3.62. The number of likely N-dealkylation sites (N-methyl/N-ethyl adjacent to an activating group) is 1. The standard InChI is InChI=1S/C17H32N4O2.2ClH/c1-3-19(4-2)13-17(23)21-10-8-20(9-11-21)16(22)12-14-6-5-7-15(14)18;;/h14-15H,3-13,18H2,1-2H3;2*1H/t14-,15+;;/m0../s1. The summed E-state index contributed by atoms with van der Waals surface area (Å²) in [7, 11) is 0. The van der Waals surface area contributed by atoms with Crippen LogP contribution in [0, 0.1) is 5.92 Å². The van der Waals surface area contributed by atoms with Crippen LogP contribution in [-0.4, -0.2) is 78.4 Å². The molecule has 0 aromatic carbocycles. The smallest absolute Gasteiger partial charge is 0.236 e. The molecule has 2 N–H and O–H groups in total. The van der Waals surface area contributed by atoms with Gasteiger partial charge in [0.25, 0.3) is 0 Å². The van der Waals surface area contributed by atoms with Crippen LogP contribution in [0.3, 0.4) is 0 Å². The maximum absolute atomic E-state index is 12.4. The molecule has 0 aromatic rings. The third kappa shape index (κ3) is 6.93. The molecule has 1 aliphatic heterocycles. The number of carbonyl (C=O) groups excluding carboxylic acids is 2. The quantitative estimate of drug-likeness (QED) is 0.735. The van der Waals surface area contributed by atoms with Gasteiger partial charge in [0.2, 0.25) is 11.8 Å². The molecule has 2 aliphatic rings. The first-order valence-corrected chi connectivity index (χ1v) is 9.08. The predicted octanol–water partition coefficient (Wildman–Crippen LogP) is 1.36. The van der Waals surface area contributed by atoms with Crippen LogP contribution in [-0.2, 0) is 9.59 Å². The van der Waals surface area contributed by atoms with Crippen molar-refractivity contribution < 1.29 is 9.59 Å². The molecule has 1 aliphatic carbocycles. The molecular weight excluding hydrogens is 363 g/mol. The second-order valence-corrected chi connectivity index (χ2v) is 6.78. The Balaban J connectivity index is 0.00000288. The summed E-state index contributed by atoms with van der Waals surface area (Å²) in [5, 5.41) is 0. The molecule has 6 nitrogen and oxygen atoms in total. The Hall–Kier alpha value is -0.560. The van der Waals surface area contributed by atoms with Gasteiger partial charge in [0.05, 0.1) is 6.54 Å². The van der Waals surface area contributed by atoms with Gasteiger partial charge in [-0.15, -0.1) is 24.8 Å². The van der Waals surface area contributed by atoms with Crippen molar-refractivity contribution in [3.63, 3.8) is 0 Å². The number of hydrogen-bond donors (Lipinski definition) is 1. The maximum atomic E-state index is 12.4. The summed E-state index contributed by atoms with van der Waals surface area (Å²) in [5.41, 5.74) is 6.06. The van der Waals surface area contributed by atoms with Gasteiger partial charge in [-0.1, -0.05) is 20.3 Å². The minimum absolute atomic E-state index is 0. The van der Waals surface area contributed by atoms with E-state index in [1.165, 1.54) is 0 Å². The van der Waals surface area contributed by atoms with Gasteiger partial charge in [0, 0.05) is 38.6 Å². The number of nitrogens with zero attached hydrogens (tertiary/aromatic N) is 3. The van der Waals surface area contributed by atoms with E-state index in [0.29, 0.717) is 45.1 Å². The van der Waals surface area contributed by atoms with Crippen LogP contribution in [0.25, 0.3) is 0 Å². The van der Waals surface area contributed by atoms with Crippen molar-refractivity contribution in [2.45, 2.75) is 45.6 Å². The molecular formula is C17H34Cl2N4O2. The summed E-state index contributed by atoms with van der Waals surface area (Å²) >= 11 is 0. The van der Waals surface area contributed by atoms with E-state index in [1.54, 1.807) is 0 Å². The zero-order chi connectivity index (χ0) is 16.8. The third-order valence-electron chi connectivity index (χ3n) is 5.39. The third-order valence-corrected chi connectivity index (χ3v) is 5.39. The minimum Gasteiger partial charge on any atom is -0.339 e. The fourth-order valence-corrected chi connectivity index (χ4v) is 3.62. The van der Waals surface area contributed by atoms with Crippen LogP contribution in [0.1, 0.15) is 39.5 Å². The van der Waals surface area contributed by atoms with E-state index in [9.17, 15) is 9.59 Å². The van der Waals surface area contributed by atoms with Crippen molar-refractivity contribution in [2.24, 2.45) is 11.7 Å². The topological polar surface area (TPSA) is 69.9 Å². The first-order chi connectivity index (χ1) is 11.0. The molecule has 0 spiro atoms. The number of rotatable bonds is 6. The van der Waals surface area contributed by atoms with Gasteiger partial charge in [-0.05, 0) is 31.8 Å². The van der Waals surface area contributed by atoms with E-state index in [-0.39, 0.29) is 42.7 Å². The molecule has 2 fully saturated rings. The summed E-state index contributed by atoms with van der Waals surface area (Å²) in [4.78, 5) is 30.6. The molecule has 2 rings (SSSR count). The molecule has 148 valence electrons. The summed E-state index contributed by atoms with van der Waals surface area (Å²) in [5.74, 6) is 0.742. The maximum Gasteiger partial charge on any atom is 0.236 e. The van der Waals surface area contributed by atoms with Crippen LogP contribution in [0.2, 0.25) is 0 Å². The van der Waals surface area contributed by atoms with Crippen LogP contribution < -0.4 is 5.73 Å². The van der Waals surface area contributed by atoms with Gasteiger partial charge >= 0.3 is 0 Å². The van der Waals surface area contributed by atoms with Crippen LogP contribution in [0.15, 0.2) is 0 Å². The van der Waals surface area contributed by atoms with Crippen LogP contribution in [0.5, 0.6) is 0 Å². The number of hydrogen-bond acceptors (Lipinski definition) is 4. The Labute approximate surface area is 164 Å². The van der Waals surface area contributed by atoms with Crippen molar-refractivity contribution in [3.8, 4) is 0 Å². The van der Waals surface area contributed by atoms with Crippen molar-refractivity contribution >= 4 is 36.6 Å². The molecule has 2 amide bonds. The molecule has 0 bridgehead atoms. The lowest BCUT2D eigenvalue weighted by Gasteiger charge is -2.36. The SMILES string of the molecule is CCN(CC)CC(=O)N1CCN(C(=O)C[C@@H]2CCC[C@H]2N)CC1.Cl.Cl. The molecule has 0 unspecified atom stereocenters. The highest BCUT2D eigenvalue weighted by atomic mass is 35.5. The molecule has 0 aromatic heterocycles. The highest BCUT2D eigenvalue weighted by molar-refractivity contribution is 5.85. The van der Waals surface area contributed by atoms with E-state index in [2.05, 4.69) is 18.7 Å². The van der Waals surface area contributed by atoms with E-state index in [4.69, 9.17) is 5.73 Å². The lowest BCUT2D eigenvalue weighted by atomic mass is 9.99. The normalized spacial score (nSPS) is 23.2. The first-order valence-electron chi connectivity index (χ1n) is 9.08. The first kappa shape index (κ1) is 24.4. The largest absolute Gasteiger partial charge is 0.339 e. The van der Waals surface area contributed by atoms with Gasteiger partial charge in [-0.3, -0.25) is 14.5 Å². The van der Waals surface area contributed by atoms with Gasteiger partial charge in [-0.25, -0.2) is 0 Å². The predicted molar refractivity (Wildman–Crippen MR) is 105 cm³/mol. The Morgan fingerprint density at radius 1 is 0.960 bits per heavy atom. The number of piperazine rings is 1. The van der Waals surface area contributed by atoms with E-state index >= 15 is 0 Å². The fraction of sp³-hybridized carbons (Fsp3) is 0.882. The Kier molecular flexibility index (Phi) is 11.7. The van der Waals surface area contributed by atoms with Gasteiger partial charge < -0.3 is 15.5 Å². The zero-order valence-electron chi connectivity index (χ0n) is 15.5. The molecule has 8 heteroatoms. The van der Waals surface area contributed by atoms with Crippen molar-refractivity contribution in [1.82, 2.24) is 14.7 Å². The van der Waals surface area contributed by atoms with Crippen LogP contribution >= 0.6 is 24.8 Å². The van der Waals surface area contributed by atoms with Crippen molar-refractivity contribution in [3.05, 3.63) is 0 Å². The van der Waals surface area contributed by atoms with Crippen molar-refractivity contribution in [1.29, 1.82) is 0 Å². The number of carbonyl (C=O) groups is 2. The molecule has 2 atom stereocenters. The average Bonchev–Trinajstić information content (AvgIpc) is 2.97. The molecule has 1 heterocycles. The van der Waals surface area contributed by atoms with Gasteiger partial charge in [-0.2, -0.15) is 0 Å². The zero-order valence-corrected chi connectivity index (χ0v) is 17.1. The van der Waals surface area contributed by atoms with Crippen molar-refractivity contribution in [2.75, 3.05) is 45.8 Å². The minimum atomic E-state index is 0. The Morgan fingerprint density at radius 3 is 1.92 bits per heavy atom. The number of halogens is 2. The Morgan fingerprint density at radius 2 is 1.48 bits per heavy atom. The highest BCUT2D eigenvalue weighted by Crippen LogP contribution is 2.27. The number of nitrogens with two attached hydrogens (primary N) is 1. The summed E-state index contributed by atoms with van der Waals surface area (Å²) in [6.07, 6.45) is 3.85. The lowest BCUT2D eigenvalue weighted by molar-refractivity contribution is -0.140. The van der Waals surface area contributed by atoms with Crippen LogP contribution in [0.4, 0.5) is 0 Å². The lowest BCUT2D eigenvalue weighted by Crippen LogP contribution is -2.53. The second-order valence-electron chi connectivity index (χ2n) is 6.78. The average molecular weight is 397 g/mol. The number of amides is 2. The summed E-state index contributed by atoms with van der Waals surface area (Å²) in [6, 6.07) is 0.191. The van der Waals surface area contributed by atoms with Gasteiger partial charge in [0.1, 0.15) is 0 Å². The van der Waals surface area contributed by atoms with Gasteiger partial charge in [0.15, 0.2) is 0 Å². The van der Waals surface area contributed by atoms with E-state index in [0.717, 1.165) is 32.4 Å². The Bertz CT molecular complexity index is 413. The second kappa shape index (κ2) is 11.9. The monoisotopic (exact) mass is 396 g/mol. The molecule has 0 radical (unpaired) electrons. The summed E-state index contributed by atoms with van der Waals surface area (Å²) in [6.45, 7) is 9.03. The molecule has 1 saturated heterocycles. The molecule has 25 heavy (non-hydrogen) atoms.